The van der Waals surface area contributed by atoms with E-state index in [1.807, 2.05) is 30.3 Å². The number of fused-ring (bicyclic) bond motifs is 1. The van der Waals surface area contributed by atoms with E-state index in [0.29, 0.717) is 0 Å². The maximum absolute atomic E-state index is 4.39. The molecule has 0 aliphatic carbocycles. The molecule has 0 unspecified atom stereocenters. The van der Waals surface area contributed by atoms with E-state index < -0.39 is 0 Å². The minimum absolute atomic E-state index is 1.04. The second-order valence-electron chi connectivity index (χ2n) is 4.53. The molecule has 0 N–H and O–H groups in total. The number of imidazole rings is 1. The molecule has 3 heteroatoms. The van der Waals surface area contributed by atoms with Gasteiger partial charge in [0.05, 0.1) is 17.4 Å². The molecule has 3 nitrogen and oxygen atoms in total. The number of hydrogen-bond acceptors (Lipinski definition) is 2. The topological polar surface area (TPSA) is 30.7 Å². The van der Waals surface area contributed by atoms with Gasteiger partial charge in [-0.3, -0.25) is 4.98 Å². The minimum atomic E-state index is 1.04. The third-order valence-corrected chi connectivity index (χ3v) is 3.24. The standard InChI is InChI=1S/C15H15N3/c1-18-11-17-14-10-13(4-5-15(14)18)3-2-12-6-8-16-9-7-12/h4-11H,2-3H2,1H3. The zero-order valence-electron chi connectivity index (χ0n) is 10.4. The Bertz CT molecular complexity index is 656. The van der Waals surface area contributed by atoms with Gasteiger partial charge in [0.25, 0.3) is 0 Å². The molecule has 0 aliphatic heterocycles. The van der Waals surface area contributed by atoms with Gasteiger partial charge in [0.15, 0.2) is 0 Å². The first kappa shape index (κ1) is 11.0. The lowest BCUT2D eigenvalue weighted by atomic mass is 10.1. The van der Waals surface area contributed by atoms with Crippen molar-refractivity contribution in [3.63, 3.8) is 0 Å². The van der Waals surface area contributed by atoms with Gasteiger partial charge in [-0.05, 0) is 48.2 Å². The van der Waals surface area contributed by atoms with Crippen LogP contribution in [0.15, 0.2) is 49.1 Å². The Labute approximate surface area is 106 Å². The van der Waals surface area contributed by atoms with Gasteiger partial charge >= 0.3 is 0 Å². The van der Waals surface area contributed by atoms with Gasteiger partial charge in [-0.15, -0.1) is 0 Å². The highest BCUT2D eigenvalue weighted by atomic mass is 15.0. The monoisotopic (exact) mass is 237 g/mol. The number of aromatic nitrogens is 3. The number of aryl methyl sites for hydroxylation is 3. The van der Waals surface area contributed by atoms with Crippen LogP contribution in [0.2, 0.25) is 0 Å². The normalized spacial score (nSPS) is 10.9. The lowest BCUT2D eigenvalue weighted by Gasteiger charge is -2.02. The van der Waals surface area contributed by atoms with Gasteiger partial charge in [0, 0.05) is 19.4 Å². The van der Waals surface area contributed by atoms with E-state index >= 15 is 0 Å². The van der Waals surface area contributed by atoms with Gasteiger partial charge in [-0.2, -0.15) is 0 Å². The van der Waals surface area contributed by atoms with Gasteiger partial charge in [0.2, 0.25) is 0 Å². The van der Waals surface area contributed by atoms with Crippen LogP contribution in [0.4, 0.5) is 0 Å². The number of hydrogen-bond donors (Lipinski definition) is 0. The fraction of sp³-hybridized carbons (Fsp3) is 0.200. The molecule has 18 heavy (non-hydrogen) atoms. The first-order chi connectivity index (χ1) is 8.83. The molecule has 2 aromatic heterocycles. The first-order valence-corrected chi connectivity index (χ1v) is 6.12. The second kappa shape index (κ2) is 4.61. The lowest BCUT2D eigenvalue weighted by Crippen LogP contribution is -1.92. The maximum atomic E-state index is 4.39. The van der Waals surface area contributed by atoms with Crippen LogP contribution in [0.5, 0.6) is 0 Å². The fourth-order valence-electron chi connectivity index (χ4n) is 2.18. The van der Waals surface area contributed by atoms with Crippen molar-refractivity contribution in [3.8, 4) is 0 Å². The van der Waals surface area contributed by atoms with E-state index in [0.717, 1.165) is 18.4 Å². The van der Waals surface area contributed by atoms with E-state index in [9.17, 15) is 0 Å². The molecule has 0 bridgehead atoms. The van der Waals surface area contributed by atoms with Crippen LogP contribution in [0.1, 0.15) is 11.1 Å². The minimum Gasteiger partial charge on any atom is -0.334 e. The summed E-state index contributed by atoms with van der Waals surface area (Å²) in [4.78, 5) is 8.42. The Balaban J connectivity index is 1.79. The highest BCUT2D eigenvalue weighted by Crippen LogP contribution is 2.15. The van der Waals surface area contributed by atoms with Crippen LogP contribution in [0.25, 0.3) is 11.0 Å². The molecule has 2 heterocycles. The van der Waals surface area contributed by atoms with Crippen molar-refractivity contribution < 1.29 is 0 Å². The van der Waals surface area contributed by atoms with E-state index in [1.165, 1.54) is 16.6 Å². The van der Waals surface area contributed by atoms with Crippen molar-refractivity contribution >= 4 is 11.0 Å². The average Bonchev–Trinajstić information content (AvgIpc) is 2.79. The number of benzene rings is 1. The molecule has 90 valence electrons. The smallest absolute Gasteiger partial charge is 0.0955 e. The van der Waals surface area contributed by atoms with Crippen molar-refractivity contribution in [1.29, 1.82) is 0 Å². The van der Waals surface area contributed by atoms with Crippen LogP contribution in [-0.2, 0) is 19.9 Å². The van der Waals surface area contributed by atoms with E-state index in [-0.39, 0.29) is 0 Å². The zero-order chi connectivity index (χ0) is 12.4. The van der Waals surface area contributed by atoms with Crippen LogP contribution in [0, 0.1) is 0 Å². The number of pyridine rings is 1. The molecule has 0 saturated carbocycles. The van der Waals surface area contributed by atoms with Gasteiger partial charge in [-0.25, -0.2) is 4.98 Å². The average molecular weight is 237 g/mol. The third-order valence-electron chi connectivity index (χ3n) is 3.24. The molecule has 1 aromatic carbocycles. The van der Waals surface area contributed by atoms with Crippen molar-refractivity contribution in [2.24, 2.45) is 7.05 Å². The molecular formula is C15H15N3. The van der Waals surface area contributed by atoms with Gasteiger partial charge in [-0.1, -0.05) is 6.07 Å². The third kappa shape index (κ3) is 2.12. The van der Waals surface area contributed by atoms with E-state index in [1.54, 1.807) is 0 Å². The van der Waals surface area contributed by atoms with E-state index in [2.05, 4.69) is 40.3 Å². The molecule has 3 aromatic rings. The van der Waals surface area contributed by atoms with Crippen LogP contribution < -0.4 is 0 Å². The molecule has 0 radical (unpaired) electrons. The second-order valence-corrected chi connectivity index (χ2v) is 4.53. The summed E-state index contributed by atoms with van der Waals surface area (Å²) in [6, 6.07) is 10.6. The van der Waals surface area contributed by atoms with Crippen molar-refractivity contribution in [3.05, 3.63) is 60.2 Å². The molecule has 0 saturated heterocycles. The summed E-state index contributed by atoms with van der Waals surface area (Å²) in [6.07, 6.45) is 7.63. The van der Waals surface area contributed by atoms with Crippen LogP contribution >= 0.6 is 0 Å². The summed E-state index contributed by atoms with van der Waals surface area (Å²) in [7, 11) is 2.02. The Kier molecular flexibility index (Phi) is 2.81. The molecule has 0 spiro atoms. The highest BCUT2D eigenvalue weighted by molar-refractivity contribution is 5.75. The maximum Gasteiger partial charge on any atom is 0.0955 e. The summed E-state index contributed by atoms with van der Waals surface area (Å²) < 4.78 is 2.04. The van der Waals surface area contributed by atoms with Crippen molar-refractivity contribution in [2.75, 3.05) is 0 Å². The molecule has 0 fully saturated rings. The summed E-state index contributed by atoms with van der Waals surface area (Å²) in [5.41, 5.74) is 4.91. The summed E-state index contributed by atoms with van der Waals surface area (Å²) >= 11 is 0. The summed E-state index contributed by atoms with van der Waals surface area (Å²) in [5.74, 6) is 0. The largest absolute Gasteiger partial charge is 0.334 e. The van der Waals surface area contributed by atoms with Crippen LogP contribution in [-0.4, -0.2) is 14.5 Å². The van der Waals surface area contributed by atoms with E-state index in [4.69, 9.17) is 0 Å². The Hall–Kier alpha value is -2.16. The number of rotatable bonds is 3. The molecule has 3 rings (SSSR count). The Morgan fingerprint density at radius 3 is 2.61 bits per heavy atom. The number of nitrogens with zero attached hydrogens (tertiary/aromatic N) is 3. The van der Waals surface area contributed by atoms with Crippen molar-refractivity contribution in [1.82, 2.24) is 14.5 Å². The Morgan fingerprint density at radius 2 is 1.78 bits per heavy atom. The van der Waals surface area contributed by atoms with Crippen molar-refractivity contribution in [2.45, 2.75) is 12.8 Å². The zero-order valence-corrected chi connectivity index (χ0v) is 10.4. The molecular weight excluding hydrogens is 222 g/mol. The SMILES string of the molecule is Cn1cnc2cc(CCc3ccncc3)ccc21. The predicted octanol–water partition coefficient (Wildman–Crippen LogP) is 2.75. The van der Waals surface area contributed by atoms with Crippen LogP contribution in [0.3, 0.4) is 0 Å². The molecule has 0 atom stereocenters. The quantitative estimate of drug-likeness (QED) is 0.701. The molecule has 0 aliphatic rings. The summed E-state index contributed by atoms with van der Waals surface area (Å²) in [6.45, 7) is 0. The van der Waals surface area contributed by atoms with Gasteiger partial charge < -0.3 is 4.57 Å². The lowest BCUT2D eigenvalue weighted by molar-refractivity contribution is 0.945. The Morgan fingerprint density at radius 1 is 1.00 bits per heavy atom. The molecule has 0 amide bonds. The fourth-order valence-corrected chi connectivity index (χ4v) is 2.18. The van der Waals surface area contributed by atoms with Gasteiger partial charge in [0.1, 0.15) is 0 Å². The summed E-state index contributed by atoms with van der Waals surface area (Å²) in [5, 5.41) is 0. The predicted molar refractivity (Wildman–Crippen MR) is 72.4 cm³/mol. The highest BCUT2D eigenvalue weighted by Gasteiger charge is 2.01. The first-order valence-electron chi connectivity index (χ1n) is 6.12.